The van der Waals surface area contributed by atoms with Crippen LogP contribution in [0.15, 0.2) is 24.3 Å². The minimum absolute atomic E-state index is 0.0182. The van der Waals surface area contributed by atoms with Gasteiger partial charge < -0.3 is 19.5 Å². The van der Waals surface area contributed by atoms with Crippen LogP contribution in [0.2, 0.25) is 0 Å². The average molecular weight is 370 g/mol. The van der Waals surface area contributed by atoms with Crippen LogP contribution >= 0.6 is 0 Å². The van der Waals surface area contributed by atoms with Crippen molar-refractivity contribution in [1.29, 1.82) is 0 Å². The normalized spacial score (nSPS) is 14.4. The van der Waals surface area contributed by atoms with Crippen molar-refractivity contribution in [2.45, 2.75) is 40.7 Å². The maximum absolute atomic E-state index is 13.0. The van der Waals surface area contributed by atoms with Crippen LogP contribution in [0.1, 0.15) is 46.2 Å². The molecule has 0 bridgehead atoms. The van der Waals surface area contributed by atoms with Crippen molar-refractivity contribution in [3.63, 3.8) is 0 Å². The number of nitrogens with one attached hydrogen (secondary N) is 1. The van der Waals surface area contributed by atoms with E-state index in [0.717, 1.165) is 49.7 Å². The van der Waals surface area contributed by atoms with Gasteiger partial charge in [0.15, 0.2) is 0 Å². The summed E-state index contributed by atoms with van der Waals surface area (Å²) in [5.74, 6) is 0.0182. The Morgan fingerprint density at radius 1 is 1.19 bits per heavy atom. The zero-order valence-corrected chi connectivity index (χ0v) is 17.0. The molecule has 0 unspecified atom stereocenters. The van der Waals surface area contributed by atoms with E-state index in [1.165, 1.54) is 16.8 Å². The van der Waals surface area contributed by atoms with Crippen LogP contribution in [-0.4, -0.2) is 43.3 Å². The Kier molecular flexibility index (Phi) is 6.22. The number of morpholine rings is 1. The van der Waals surface area contributed by atoms with Crippen molar-refractivity contribution in [3.8, 4) is 0 Å². The standard InChI is InChI=1S/C22H31N3O2/c1-5-9-23-22(26)21-17(3)20(24-10-12-27-13-11-24)18(4)25(21)15-19-8-6-7-16(2)14-19/h6-8,14H,5,9-13,15H2,1-4H3,(H,23,26). The van der Waals surface area contributed by atoms with Crippen LogP contribution in [0.25, 0.3) is 0 Å². The molecule has 146 valence electrons. The molecule has 0 aliphatic carbocycles. The first-order chi connectivity index (χ1) is 13.0. The van der Waals surface area contributed by atoms with Crippen LogP contribution in [0, 0.1) is 20.8 Å². The summed E-state index contributed by atoms with van der Waals surface area (Å²) < 4.78 is 7.70. The predicted octanol–water partition coefficient (Wildman–Crippen LogP) is 3.44. The second-order valence-corrected chi connectivity index (χ2v) is 7.34. The molecule has 5 heteroatoms. The summed E-state index contributed by atoms with van der Waals surface area (Å²) >= 11 is 0. The van der Waals surface area contributed by atoms with Crippen LogP contribution in [0.4, 0.5) is 5.69 Å². The van der Waals surface area contributed by atoms with Crippen molar-refractivity contribution in [3.05, 3.63) is 52.3 Å². The van der Waals surface area contributed by atoms with Gasteiger partial charge in [-0.1, -0.05) is 36.8 Å². The molecule has 0 saturated carbocycles. The monoisotopic (exact) mass is 369 g/mol. The number of benzene rings is 1. The third-order valence-corrected chi connectivity index (χ3v) is 5.23. The predicted molar refractivity (Wildman–Crippen MR) is 110 cm³/mol. The first-order valence-electron chi connectivity index (χ1n) is 9.89. The third-order valence-electron chi connectivity index (χ3n) is 5.23. The Morgan fingerprint density at radius 2 is 1.93 bits per heavy atom. The maximum Gasteiger partial charge on any atom is 0.268 e. The zero-order valence-electron chi connectivity index (χ0n) is 17.0. The molecule has 1 aromatic heterocycles. The quantitative estimate of drug-likeness (QED) is 0.848. The summed E-state index contributed by atoms with van der Waals surface area (Å²) in [4.78, 5) is 15.3. The number of aromatic nitrogens is 1. The van der Waals surface area contributed by atoms with Gasteiger partial charge in [-0.15, -0.1) is 0 Å². The van der Waals surface area contributed by atoms with Gasteiger partial charge in [-0.3, -0.25) is 4.79 Å². The van der Waals surface area contributed by atoms with Gasteiger partial charge in [0.25, 0.3) is 5.91 Å². The summed E-state index contributed by atoms with van der Waals surface area (Å²) in [6.07, 6.45) is 0.929. The Bertz CT molecular complexity index is 804. The molecule has 0 spiro atoms. The lowest BCUT2D eigenvalue weighted by Gasteiger charge is -2.29. The number of aryl methyl sites for hydroxylation is 1. The van der Waals surface area contributed by atoms with E-state index in [4.69, 9.17) is 4.74 Å². The zero-order chi connectivity index (χ0) is 19.4. The van der Waals surface area contributed by atoms with E-state index in [0.29, 0.717) is 13.1 Å². The van der Waals surface area contributed by atoms with Gasteiger partial charge in [-0.2, -0.15) is 0 Å². The minimum Gasteiger partial charge on any atom is -0.378 e. The van der Waals surface area contributed by atoms with Gasteiger partial charge in [0.2, 0.25) is 0 Å². The second kappa shape index (κ2) is 8.61. The summed E-state index contributed by atoms with van der Waals surface area (Å²) in [7, 11) is 0. The van der Waals surface area contributed by atoms with Crippen molar-refractivity contribution in [2.24, 2.45) is 0 Å². The highest BCUT2D eigenvalue weighted by atomic mass is 16.5. The number of hydrogen-bond acceptors (Lipinski definition) is 3. The molecule has 1 saturated heterocycles. The lowest BCUT2D eigenvalue weighted by Crippen LogP contribution is -2.36. The molecule has 1 N–H and O–H groups in total. The summed E-state index contributed by atoms with van der Waals surface area (Å²) in [5, 5.41) is 3.07. The smallest absolute Gasteiger partial charge is 0.268 e. The van der Waals surface area contributed by atoms with Crippen molar-refractivity contribution in [2.75, 3.05) is 37.7 Å². The molecule has 1 aliphatic rings. The fourth-order valence-electron chi connectivity index (χ4n) is 3.94. The van der Waals surface area contributed by atoms with Gasteiger partial charge in [-0.05, 0) is 32.8 Å². The Hall–Kier alpha value is -2.27. The highest BCUT2D eigenvalue weighted by molar-refractivity contribution is 5.96. The summed E-state index contributed by atoms with van der Waals surface area (Å²) in [5.41, 5.74) is 6.63. The van der Waals surface area contributed by atoms with Gasteiger partial charge >= 0.3 is 0 Å². The topological polar surface area (TPSA) is 46.5 Å². The van der Waals surface area contributed by atoms with Crippen molar-refractivity contribution < 1.29 is 9.53 Å². The number of carbonyl (C=O) groups is 1. The summed E-state index contributed by atoms with van der Waals surface area (Å²) in [6.45, 7) is 13.0. The van der Waals surface area contributed by atoms with Crippen LogP contribution in [0.5, 0.6) is 0 Å². The van der Waals surface area contributed by atoms with Crippen LogP contribution in [0.3, 0.4) is 0 Å². The second-order valence-electron chi connectivity index (χ2n) is 7.34. The van der Waals surface area contributed by atoms with Gasteiger partial charge in [0.1, 0.15) is 5.69 Å². The largest absolute Gasteiger partial charge is 0.378 e. The minimum atomic E-state index is 0.0182. The molecule has 5 nitrogen and oxygen atoms in total. The summed E-state index contributed by atoms with van der Waals surface area (Å²) in [6, 6.07) is 8.50. The van der Waals surface area contributed by atoms with Crippen molar-refractivity contribution >= 4 is 11.6 Å². The molecule has 0 radical (unpaired) electrons. The van der Waals surface area contributed by atoms with Crippen molar-refractivity contribution in [1.82, 2.24) is 9.88 Å². The third kappa shape index (κ3) is 4.19. The van der Waals surface area contributed by atoms with Crippen LogP contribution < -0.4 is 10.2 Å². The molecule has 1 amide bonds. The molecule has 1 aliphatic heterocycles. The Balaban J connectivity index is 2.03. The van der Waals surface area contributed by atoms with Gasteiger partial charge in [0.05, 0.1) is 18.9 Å². The molecule has 1 aromatic carbocycles. The van der Waals surface area contributed by atoms with E-state index in [1.807, 2.05) is 0 Å². The number of hydrogen-bond donors (Lipinski definition) is 1. The SMILES string of the molecule is CCCNC(=O)c1c(C)c(N2CCOCC2)c(C)n1Cc1cccc(C)c1. The molecule has 3 rings (SSSR count). The van der Waals surface area contributed by atoms with Gasteiger partial charge in [-0.25, -0.2) is 0 Å². The Morgan fingerprint density at radius 3 is 2.59 bits per heavy atom. The number of rotatable bonds is 6. The number of amides is 1. The molecule has 1 fully saturated rings. The van der Waals surface area contributed by atoms with Crippen LogP contribution in [-0.2, 0) is 11.3 Å². The van der Waals surface area contributed by atoms with E-state index < -0.39 is 0 Å². The maximum atomic E-state index is 13.0. The number of nitrogens with zero attached hydrogens (tertiary/aromatic N) is 2. The van der Waals surface area contributed by atoms with E-state index in [1.54, 1.807) is 0 Å². The number of carbonyl (C=O) groups excluding carboxylic acids is 1. The molecule has 0 atom stereocenters. The number of ether oxygens (including phenoxy) is 1. The molecule has 27 heavy (non-hydrogen) atoms. The van der Waals surface area contributed by atoms with E-state index >= 15 is 0 Å². The molecule has 2 heterocycles. The number of anilines is 1. The van der Waals surface area contributed by atoms with E-state index in [2.05, 4.69) is 66.7 Å². The lowest BCUT2D eigenvalue weighted by atomic mass is 10.1. The fourth-order valence-corrected chi connectivity index (χ4v) is 3.94. The molecular formula is C22H31N3O2. The Labute approximate surface area is 162 Å². The highest BCUT2D eigenvalue weighted by Crippen LogP contribution is 2.32. The van der Waals surface area contributed by atoms with E-state index in [-0.39, 0.29) is 5.91 Å². The van der Waals surface area contributed by atoms with Gasteiger partial charge in [0, 0.05) is 37.4 Å². The lowest BCUT2D eigenvalue weighted by molar-refractivity contribution is 0.0944. The molecule has 2 aromatic rings. The first-order valence-corrected chi connectivity index (χ1v) is 9.89. The fraction of sp³-hybridized carbons (Fsp3) is 0.500. The van der Waals surface area contributed by atoms with E-state index in [9.17, 15) is 4.79 Å². The highest BCUT2D eigenvalue weighted by Gasteiger charge is 2.26. The molecular weight excluding hydrogens is 338 g/mol. The first kappa shape index (κ1) is 19.5. The average Bonchev–Trinajstić information content (AvgIpc) is 2.90.